The van der Waals surface area contributed by atoms with E-state index >= 15 is 4.39 Å². The standard InChI is InChI=1S/C24H26ClF2N3O5/c1-23(2,3)35-22(34)28-16-9-29(10-24(16)4-5-24)19-14(27)6-11-18(17(19)25)30(15-7-13(15)26)8-12(20(11)31)21(32)33/h6,8,13,15-16H,4-5,7,9-10H2,1-3H3,(H,28,34)(H,32,33)/t13-,15+,16+/m0/s1. The highest BCUT2D eigenvalue weighted by molar-refractivity contribution is 6.38. The van der Waals surface area contributed by atoms with Gasteiger partial charge in [0.25, 0.3) is 0 Å². The number of carbonyl (C=O) groups is 2. The molecule has 3 fully saturated rings. The van der Waals surface area contributed by atoms with Crippen molar-refractivity contribution in [2.24, 2.45) is 5.41 Å². The third kappa shape index (κ3) is 4.11. The number of hydrogen-bond donors (Lipinski definition) is 2. The molecule has 0 unspecified atom stereocenters. The number of benzene rings is 1. The van der Waals surface area contributed by atoms with Crippen molar-refractivity contribution in [3.63, 3.8) is 0 Å². The predicted molar refractivity (Wildman–Crippen MR) is 126 cm³/mol. The summed E-state index contributed by atoms with van der Waals surface area (Å²) in [6.07, 6.45) is 1.15. The number of carboxylic acid groups (broad SMARTS) is 1. The zero-order valence-corrected chi connectivity index (χ0v) is 20.3. The Morgan fingerprint density at radius 1 is 1.31 bits per heavy atom. The highest BCUT2D eigenvalue weighted by Crippen LogP contribution is 2.55. The first-order valence-corrected chi connectivity index (χ1v) is 11.9. The fourth-order valence-corrected chi connectivity index (χ4v) is 5.44. The quantitative estimate of drug-likeness (QED) is 0.638. The first kappa shape index (κ1) is 23.8. The van der Waals surface area contributed by atoms with E-state index in [-0.39, 0.29) is 46.0 Å². The van der Waals surface area contributed by atoms with Gasteiger partial charge in [-0.1, -0.05) is 11.6 Å². The van der Waals surface area contributed by atoms with Crippen molar-refractivity contribution < 1.29 is 28.2 Å². The van der Waals surface area contributed by atoms with Crippen LogP contribution in [0.15, 0.2) is 17.1 Å². The van der Waals surface area contributed by atoms with Crippen LogP contribution in [0.25, 0.3) is 10.9 Å². The molecule has 5 rings (SSSR count). The van der Waals surface area contributed by atoms with E-state index in [1.165, 1.54) is 4.57 Å². The van der Waals surface area contributed by atoms with Crippen molar-refractivity contribution in [2.75, 3.05) is 18.0 Å². The Kier molecular flexibility index (Phi) is 5.32. The number of aromatic nitrogens is 1. The van der Waals surface area contributed by atoms with Crippen LogP contribution in [0.5, 0.6) is 0 Å². The molecule has 1 aromatic heterocycles. The van der Waals surface area contributed by atoms with Crippen LogP contribution in [0, 0.1) is 11.2 Å². The van der Waals surface area contributed by atoms with E-state index in [0.717, 1.165) is 25.1 Å². The van der Waals surface area contributed by atoms with Crippen LogP contribution in [-0.2, 0) is 4.74 Å². The number of ether oxygens (including phenoxy) is 1. The Morgan fingerprint density at radius 2 is 1.97 bits per heavy atom. The molecule has 2 saturated carbocycles. The number of hydrogen-bond acceptors (Lipinski definition) is 5. The molecule has 1 aromatic carbocycles. The maximum atomic E-state index is 15.4. The van der Waals surface area contributed by atoms with Gasteiger partial charge >= 0.3 is 12.1 Å². The van der Waals surface area contributed by atoms with Gasteiger partial charge in [0.15, 0.2) is 0 Å². The molecule has 3 atom stereocenters. The number of amides is 1. The summed E-state index contributed by atoms with van der Waals surface area (Å²) in [5.41, 5.74) is -2.20. The van der Waals surface area contributed by atoms with Gasteiger partial charge in [0.1, 0.15) is 23.2 Å². The SMILES string of the molecule is CC(C)(C)OC(=O)N[C@@H]1CN(c2c(F)cc3c(=O)c(C(=O)O)cn([C@@H]4C[C@@H]4F)c3c2Cl)CC12CC2. The van der Waals surface area contributed by atoms with Crippen LogP contribution in [0.1, 0.15) is 56.4 Å². The summed E-state index contributed by atoms with van der Waals surface area (Å²) in [5, 5.41) is 12.0. The second-order valence-electron chi connectivity index (χ2n) is 10.8. The number of carbonyl (C=O) groups excluding carboxylic acids is 1. The van der Waals surface area contributed by atoms with Crippen molar-refractivity contribution in [2.45, 2.75) is 63.9 Å². The summed E-state index contributed by atoms with van der Waals surface area (Å²) in [5.74, 6) is -2.26. The van der Waals surface area contributed by atoms with Gasteiger partial charge < -0.3 is 24.6 Å². The Hall–Kier alpha value is -2.88. The Morgan fingerprint density at radius 3 is 2.51 bits per heavy atom. The van der Waals surface area contributed by atoms with Crippen LogP contribution in [-0.4, -0.2) is 52.6 Å². The summed E-state index contributed by atoms with van der Waals surface area (Å²) in [7, 11) is 0. The van der Waals surface area contributed by atoms with Crippen LogP contribution >= 0.6 is 11.6 Å². The van der Waals surface area contributed by atoms with Crippen molar-refractivity contribution in [3.05, 3.63) is 38.9 Å². The van der Waals surface area contributed by atoms with Gasteiger partial charge in [-0.3, -0.25) is 4.79 Å². The van der Waals surface area contributed by atoms with Crippen LogP contribution in [0.4, 0.5) is 19.3 Å². The molecular formula is C24H26ClF2N3O5. The van der Waals surface area contributed by atoms with E-state index < -0.39 is 46.7 Å². The predicted octanol–water partition coefficient (Wildman–Crippen LogP) is 4.27. The lowest BCUT2D eigenvalue weighted by Gasteiger charge is -2.24. The van der Waals surface area contributed by atoms with Gasteiger partial charge in [-0.05, 0) is 39.7 Å². The average Bonchev–Trinajstić information content (AvgIpc) is 3.62. The molecule has 2 heterocycles. The molecule has 188 valence electrons. The summed E-state index contributed by atoms with van der Waals surface area (Å²) in [6.45, 7) is 6.00. The lowest BCUT2D eigenvalue weighted by molar-refractivity contribution is 0.0493. The van der Waals surface area contributed by atoms with Gasteiger partial charge in [-0.15, -0.1) is 0 Å². The van der Waals surface area contributed by atoms with Crippen LogP contribution in [0.3, 0.4) is 0 Å². The second kappa shape index (κ2) is 7.81. The lowest BCUT2D eigenvalue weighted by Crippen LogP contribution is -2.44. The fourth-order valence-electron chi connectivity index (χ4n) is 5.03. The van der Waals surface area contributed by atoms with Crippen LogP contribution in [0.2, 0.25) is 5.02 Å². The molecule has 1 aliphatic heterocycles. The largest absolute Gasteiger partial charge is 0.477 e. The molecule has 1 amide bonds. The number of alkyl carbamates (subject to hydrolysis) is 1. The maximum Gasteiger partial charge on any atom is 0.407 e. The lowest BCUT2D eigenvalue weighted by atomic mass is 10.0. The van der Waals surface area contributed by atoms with Gasteiger partial charge in [0, 0.05) is 31.1 Å². The number of fused-ring (bicyclic) bond motifs is 1. The summed E-state index contributed by atoms with van der Waals surface area (Å²) in [6, 6.07) is 0.00623. The average molecular weight is 510 g/mol. The van der Waals surface area contributed by atoms with E-state index in [1.54, 1.807) is 25.7 Å². The van der Waals surface area contributed by atoms with E-state index in [0.29, 0.717) is 6.54 Å². The molecule has 2 aliphatic carbocycles. The molecule has 1 spiro atoms. The molecule has 0 bridgehead atoms. The van der Waals surface area contributed by atoms with Crippen molar-refractivity contribution in [3.8, 4) is 0 Å². The summed E-state index contributed by atoms with van der Waals surface area (Å²) in [4.78, 5) is 38.5. The van der Waals surface area contributed by atoms with Crippen molar-refractivity contribution >= 4 is 40.3 Å². The fraction of sp³-hybridized carbons (Fsp3) is 0.542. The second-order valence-corrected chi connectivity index (χ2v) is 11.1. The van der Waals surface area contributed by atoms with E-state index in [9.17, 15) is 23.9 Å². The van der Waals surface area contributed by atoms with Gasteiger partial charge in [-0.25, -0.2) is 18.4 Å². The minimum absolute atomic E-state index is 0.0474. The van der Waals surface area contributed by atoms with Gasteiger partial charge in [0.05, 0.1) is 33.7 Å². The highest BCUT2D eigenvalue weighted by Gasteiger charge is 2.56. The number of halogens is 3. The normalized spacial score (nSPS) is 24.6. The summed E-state index contributed by atoms with van der Waals surface area (Å²) < 4.78 is 36.2. The number of carboxylic acids is 1. The van der Waals surface area contributed by atoms with Crippen molar-refractivity contribution in [1.82, 2.24) is 9.88 Å². The topological polar surface area (TPSA) is 101 Å². The number of anilines is 1. The molecule has 11 heteroatoms. The molecule has 3 aliphatic rings. The monoisotopic (exact) mass is 509 g/mol. The molecule has 8 nitrogen and oxygen atoms in total. The number of pyridine rings is 1. The minimum Gasteiger partial charge on any atom is -0.477 e. The Balaban J connectivity index is 1.55. The Bertz CT molecular complexity index is 1320. The molecule has 35 heavy (non-hydrogen) atoms. The maximum absolute atomic E-state index is 15.4. The third-order valence-electron chi connectivity index (χ3n) is 7.00. The first-order chi connectivity index (χ1) is 16.3. The van der Waals surface area contributed by atoms with Crippen molar-refractivity contribution in [1.29, 1.82) is 0 Å². The number of nitrogens with zero attached hydrogens (tertiary/aromatic N) is 2. The van der Waals surface area contributed by atoms with E-state index in [4.69, 9.17) is 16.3 Å². The number of rotatable bonds is 4. The summed E-state index contributed by atoms with van der Waals surface area (Å²) >= 11 is 6.69. The molecule has 2 N–H and O–H groups in total. The van der Waals surface area contributed by atoms with E-state index in [2.05, 4.69) is 5.32 Å². The molecule has 0 radical (unpaired) electrons. The Labute approximate surface area is 204 Å². The molecular weight excluding hydrogens is 484 g/mol. The first-order valence-electron chi connectivity index (χ1n) is 11.5. The van der Waals surface area contributed by atoms with Gasteiger partial charge in [-0.2, -0.15) is 0 Å². The minimum atomic E-state index is -1.48. The zero-order valence-electron chi connectivity index (χ0n) is 19.5. The highest BCUT2D eigenvalue weighted by atomic mass is 35.5. The number of aromatic carboxylic acids is 1. The molecule has 2 aromatic rings. The van der Waals surface area contributed by atoms with E-state index in [1.807, 2.05) is 0 Å². The van der Waals surface area contributed by atoms with Crippen LogP contribution < -0.4 is 15.6 Å². The number of alkyl halides is 1. The van der Waals surface area contributed by atoms with Gasteiger partial charge in [0.2, 0.25) is 5.43 Å². The number of nitrogens with one attached hydrogen (secondary N) is 1. The zero-order chi connectivity index (χ0) is 25.4. The third-order valence-corrected chi connectivity index (χ3v) is 7.36. The molecule has 1 saturated heterocycles. The smallest absolute Gasteiger partial charge is 0.407 e.